The summed E-state index contributed by atoms with van der Waals surface area (Å²) >= 11 is 0. The van der Waals surface area contributed by atoms with Crippen molar-refractivity contribution < 1.29 is 47.5 Å². The Morgan fingerprint density at radius 1 is 0.718 bits per heavy atom. The van der Waals surface area contributed by atoms with Crippen molar-refractivity contribution in [3.8, 4) is 0 Å². The molecule has 0 saturated carbocycles. The molecule has 4 rings (SSSR count). The van der Waals surface area contributed by atoms with Gasteiger partial charge in [0, 0.05) is 26.6 Å². The zero-order valence-corrected chi connectivity index (χ0v) is 25.2. The van der Waals surface area contributed by atoms with Gasteiger partial charge >= 0.3 is 18.4 Å². The van der Waals surface area contributed by atoms with E-state index < -0.39 is 18.3 Å². The summed E-state index contributed by atoms with van der Waals surface area (Å²) in [6.45, 7) is 14.0. The van der Waals surface area contributed by atoms with Gasteiger partial charge in [0.1, 0.15) is 64.1 Å². The molecule has 9 atom stereocenters. The first-order chi connectivity index (χ1) is 18.7. The molecule has 0 aromatic rings. The van der Waals surface area contributed by atoms with Gasteiger partial charge < -0.3 is 24.8 Å². The molecule has 0 aromatic heterocycles. The van der Waals surface area contributed by atoms with Crippen LogP contribution in [0.2, 0.25) is 0 Å². The largest absolute Gasteiger partial charge is 0.521 e. The number of nitrogens with zero attached hydrogens (tertiary/aromatic N) is 4. The highest BCUT2D eigenvalue weighted by Crippen LogP contribution is 2.49. The van der Waals surface area contributed by atoms with Crippen LogP contribution < -0.4 is 0 Å². The van der Waals surface area contributed by atoms with Gasteiger partial charge in [-0.2, -0.15) is 9.28 Å². The second-order valence-electron chi connectivity index (χ2n) is 13.3. The number of carbonyl (C=O) groups excluding carboxylic acids is 1. The Bertz CT molecular complexity index is 816. The van der Waals surface area contributed by atoms with Crippen LogP contribution in [0.4, 0.5) is 4.79 Å². The fourth-order valence-electron chi connectivity index (χ4n) is 9.32. The lowest BCUT2D eigenvalue weighted by atomic mass is 9.87. The van der Waals surface area contributed by atoms with Crippen LogP contribution in [0.5, 0.6) is 0 Å². The molecule has 39 heavy (non-hydrogen) atoms. The Hall–Kier alpha value is -0.850. The number of hydrogen-bond donors (Lipinski definition) is 3. The van der Waals surface area contributed by atoms with Crippen LogP contribution in [0, 0.1) is 0 Å². The first-order valence-electron chi connectivity index (χ1n) is 15.7. The Morgan fingerprint density at radius 2 is 1.23 bits per heavy atom. The maximum atomic E-state index is 13.9. The third-order valence-electron chi connectivity index (χ3n) is 11.1. The van der Waals surface area contributed by atoms with E-state index in [4.69, 9.17) is 9.47 Å². The summed E-state index contributed by atoms with van der Waals surface area (Å²) < 4.78 is 13.5. The van der Waals surface area contributed by atoms with Crippen molar-refractivity contribution in [2.45, 2.75) is 89.4 Å². The normalized spacial score (nSPS) is 39.9. The topological polar surface area (TPSA) is 96.2 Å². The summed E-state index contributed by atoms with van der Waals surface area (Å²) in [5.74, 6) is 0. The van der Waals surface area contributed by atoms with Crippen molar-refractivity contribution in [3.63, 3.8) is 0 Å². The number of carbonyl (C=O) groups is 1. The fourth-order valence-corrected chi connectivity index (χ4v) is 9.32. The molecule has 4 fully saturated rings. The highest BCUT2D eigenvalue weighted by molar-refractivity contribution is 5.59. The Labute approximate surface area is 236 Å². The number of rotatable bonds is 13. The second kappa shape index (κ2) is 12.6. The van der Waals surface area contributed by atoms with Crippen molar-refractivity contribution in [2.24, 2.45) is 0 Å². The summed E-state index contributed by atoms with van der Waals surface area (Å²) in [6, 6.07) is 0. The summed E-state index contributed by atoms with van der Waals surface area (Å²) in [5.41, 5.74) is 0. The molecule has 4 aliphatic heterocycles. The maximum absolute atomic E-state index is 13.9. The summed E-state index contributed by atoms with van der Waals surface area (Å²) in [5, 5.41) is 33.5. The van der Waals surface area contributed by atoms with Crippen molar-refractivity contribution in [2.75, 3.05) is 92.8 Å². The molecular weight excluding hydrogens is 500 g/mol. The third-order valence-corrected chi connectivity index (χ3v) is 11.1. The number of quaternary nitrogens is 4. The van der Waals surface area contributed by atoms with Gasteiger partial charge in [-0.25, -0.2) is 0 Å². The molecule has 0 spiro atoms. The lowest BCUT2D eigenvalue weighted by molar-refractivity contribution is -1.27. The van der Waals surface area contributed by atoms with E-state index in [0.717, 1.165) is 91.4 Å². The van der Waals surface area contributed by atoms with Gasteiger partial charge in [-0.3, -0.25) is 13.4 Å². The number of methoxy groups -OCH3 is 2. The molecule has 7 unspecified atom stereocenters. The average molecular weight is 559 g/mol. The van der Waals surface area contributed by atoms with Gasteiger partial charge in [-0.15, -0.1) is 0 Å². The van der Waals surface area contributed by atoms with Gasteiger partial charge in [0.05, 0.1) is 33.3 Å². The maximum Gasteiger partial charge on any atom is 0.521 e. The first kappa shape index (κ1) is 31.1. The van der Waals surface area contributed by atoms with E-state index >= 15 is 0 Å². The Morgan fingerprint density at radius 3 is 1.77 bits per heavy atom. The molecule has 0 aliphatic carbocycles. The molecule has 4 heterocycles. The molecule has 10 nitrogen and oxygen atoms in total. The number of unbranched alkanes of at least 4 members (excludes halogenated alkanes) is 1. The Balaban J connectivity index is 1.81. The van der Waals surface area contributed by atoms with Crippen LogP contribution in [0.25, 0.3) is 0 Å². The SMILES string of the molecule is CCC(O)C[N+]12CCC[N+]3(CC(O)CC)CC[N+]4(C(=O)OC)CCC[N+](CC(O)CCCCOC)(CC1)[C@@H]4[C@H]23. The lowest BCUT2D eigenvalue weighted by Crippen LogP contribution is -2.96. The fraction of sp³-hybridized carbons (Fsp3) is 0.966. The molecule has 10 heteroatoms. The van der Waals surface area contributed by atoms with E-state index in [0.29, 0.717) is 50.1 Å². The lowest BCUT2D eigenvalue weighted by Gasteiger charge is -2.69. The smallest absolute Gasteiger partial charge is 0.423 e. The zero-order valence-electron chi connectivity index (χ0n) is 25.2. The van der Waals surface area contributed by atoms with Gasteiger partial charge in [-0.05, 0) is 32.1 Å². The second-order valence-corrected chi connectivity index (χ2v) is 13.3. The van der Waals surface area contributed by atoms with Gasteiger partial charge in [0.2, 0.25) is 0 Å². The van der Waals surface area contributed by atoms with Gasteiger partial charge in [0.15, 0.2) is 0 Å². The van der Waals surface area contributed by atoms with Crippen molar-refractivity contribution in [1.29, 1.82) is 0 Å². The van der Waals surface area contributed by atoms with Crippen molar-refractivity contribution >= 4 is 6.09 Å². The number of hydrogen-bond acceptors (Lipinski definition) is 6. The zero-order chi connectivity index (χ0) is 28.3. The minimum Gasteiger partial charge on any atom is -0.423 e. The molecule has 4 aliphatic rings. The molecular formula is C29H58N4O6+4. The molecule has 1 amide bonds. The Kier molecular flexibility index (Phi) is 10.0. The summed E-state index contributed by atoms with van der Waals surface area (Å²) in [7, 11) is 3.24. The predicted octanol–water partition coefficient (Wildman–Crippen LogP) is 1.23. The molecule has 4 saturated heterocycles. The number of piperazine rings is 2. The standard InChI is InChI=1S/C29H58N4O6/c1-5-24(34)21-30-12-9-13-31(22-25(35)6-2)18-19-33(29(37)39-4)15-10-14-32(17-16-30,28(33)27(30)31)23-26(36)11-7-8-20-38-3/h24-28,34-36H,5-23H2,1-4H3/q+4/t24?,25?,26?,27-,28+,30?,31?,32?,33?/m1/s1. The summed E-state index contributed by atoms with van der Waals surface area (Å²) in [6.07, 6.45) is 4.70. The number of aliphatic hydroxyl groups excluding tert-OH is 3. The van der Waals surface area contributed by atoms with Crippen LogP contribution in [0.1, 0.15) is 58.8 Å². The van der Waals surface area contributed by atoms with Crippen molar-refractivity contribution in [1.82, 2.24) is 0 Å². The van der Waals surface area contributed by atoms with Crippen LogP contribution in [0.3, 0.4) is 0 Å². The van der Waals surface area contributed by atoms with Crippen molar-refractivity contribution in [3.05, 3.63) is 0 Å². The third kappa shape index (κ3) is 5.65. The number of ether oxygens (including phenoxy) is 2. The van der Waals surface area contributed by atoms with E-state index in [2.05, 4.69) is 13.8 Å². The van der Waals surface area contributed by atoms with E-state index in [1.807, 2.05) is 0 Å². The highest BCUT2D eigenvalue weighted by atomic mass is 16.5. The van der Waals surface area contributed by atoms with Crippen LogP contribution in [0.15, 0.2) is 0 Å². The predicted molar refractivity (Wildman–Crippen MR) is 148 cm³/mol. The minimum atomic E-state index is -0.436. The van der Waals surface area contributed by atoms with Crippen LogP contribution in [-0.4, -0.2) is 163 Å². The van der Waals surface area contributed by atoms with Crippen LogP contribution >= 0.6 is 0 Å². The van der Waals surface area contributed by atoms with E-state index in [-0.39, 0.29) is 18.4 Å². The number of amides is 1. The molecule has 0 aromatic carbocycles. The average Bonchev–Trinajstić information content (AvgIpc) is 2.93. The molecule has 3 N–H and O–H groups in total. The van der Waals surface area contributed by atoms with Gasteiger partial charge in [0.25, 0.3) is 0 Å². The summed E-state index contributed by atoms with van der Waals surface area (Å²) in [4.78, 5) is 13.9. The highest BCUT2D eigenvalue weighted by Gasteiger charge is 2.79. The van der Waals surface area contributed by atoms with E-state index in [9.17, 15) is 20.1 Å². The minimum absolute atomic E-state index is 0.0456. The molecule has 226 valence electrons. The molecule has 0 radical (unpaired) electrons. The quantitative estimate of drug-likeness (QED) is 0.233. The first-order valence-corrected chi connectivity index (χ1v) is 15.7. The molecule has 0 bridgehead atoms. The van der Waals surface area contributed by atoms with E-state index in [1.54, 1.807) is 7.11 Å². The van der Waals surface area contributed by atoms with Gasteiger partial charge in [-0.1, -0.05) is 13.8 Å². The number of aliphatic hydroxyl groups is 3. The monoisotopic (exact) mass is 558 g/mol. The van der Waals surface area contributed by atoms with E-state index in [1.165, 1.54) is 7.11 Å². The van der Waals surface area contributed by atoms with Crippen LogP contribution in [-0.2, 0) is 9.47 Å².